The van der Waals surface area contributed by atoms with E-state index in [0.717, 1.165) is 16.2 Å². The molecule has 1 saturated carbocycles. The van der Waals surface area contributed by atoms with Gasteiger partial charge in [0.05, 0.1) is 0 Å². The zero-order valence-electron chi connectivity index (χ0n) is 8.55. The molecule has 0 spiro atoms. The van der Waals surface area contributed by atoms with E-state index >= 15 is 0 Å². The van der Waals surface area contributed by atoms with Crippen LogP contribution in [-0.4, -0.2) is 11.0 Å². The van der Waals surface area contributed by atoms with Gasteiger partial charge in [-0.15, -0.1) is 0 Å². The second-order valence-electron chi connectivity index (χ2n) is 4.24. The fourth-order valence-electron chi connectivity index (χ4n) is 1.85. The summed E-state index contributed by atoms with van der Waals surface area (Å²) in [6, 6.07) is 2.73. The van der Waals surface area contributed by atoms with E-state index in [0.29, 0.717) is 6.04 Å². The third-order valence-electron chi connectivity index (χ3n) is 2.77. The van der Waals surface area contributed by atoms with E-state index < -0.39 is 0 Å². The Hall–Kier alpha value is -0.570. The minimum atomic E-state index is 0.637. The predicted molar refractivity (Wildman–Crippen MR) is 62.5 cm³/mol. The Kier molecular flexibility index (Phi) is 2.77. The molecule has 1 N–H and O–H groups in total. The molecule has 0 aliphatic heterocycles. The van der Waals surface area contributed by atoms with Crippen LogP contribution in [0.15, 0.2) is 16.7 Å². The molecule has 1 aromatic rings. The number of nitrogens with zero attached hydrogens (tertiary/aromatic N) is 1. The Morgan fingerprint density at radius 2 is 2.21 bits per heavy atom. The Labute approximate surface area is 93.3 Å². The fraction of sp³-hybridized carbons (Fsp3) is 0.545. The van der Waals surface area contributed by atoms with Crippen LogP contribution in [0.2, 0.25) is 0 Å². The fourth-order valence-corrected chi connectivity index (χ4v) is 2.06. The molecule has 2 nitrogen and oxygen atoms in total. The van der Waals surface area contributed by atoms with Crippen molar-refractivity contribution >= 4 is 21.7 Å². The highest BCUT2D eigenvalue weighted by Crippen LogP contribution is 2.29. The Balaban J connectivity index is 2.00. The molecule has 0 aromatic carbocycles. The van der Waals surface area contributed by atoms with Gasteiger partial charge in [-0.2, -0.15) is 0 Å². The first-order chi connectivity index (χ1) is 6.65. The second kappa shape index (κ2) is 3.89. The van der Waals surface area contributed by atoms with Crippen LogP contribution >= 0.6 is 15.9 Å². The summed E-state index contributed by atoms with van der Waals surface area (Å²) >= 11 is 3.45. The summed E-state index contributed by atoms with van der Waals surface area (Å²) in [5, 5.41) is 3.44. The number of halogens is 1. The highest BCUT2D eigenvalue weighted by Gasteiger charge is 2.25. The van der Waals surface area contributed by atoms with Crippen LogP contribution in [0.4, 0.5) is 5.82 Å². The third-order valence-corrected chi connectivity index (χ3v) is 3.60. The molecule has 0 unspecified atom stereocenters. The minimum Gasteiger partial charge on any atom is -0.367 e. The maximum atomic E-state index is 4.33. The standard InChI is InChI=1S/C11H15BrN2/c1-7-3-9(4-7)14-11-5-8(2)10(12)6-13-11/h5-7,9H,3-4H2,1-2H3,(H,13,14). The molecule has 1 aliphatic carbocycles. The van der Waals surface area contributed by atoms with Crippen LogP contribution in [0.3, 0.4) is 0 Å². The van der Waals surface area contributed by atoms with Gasteiger partial charge >= 0.3 is 0 Å². The molecule has 1 aromatic heterocycles. The number of aryl methyl sites for hydroxylation is 1. The van der Waals surface area contributed by atoms with E-state index in [-0.39, 0.29) is 0 Å². The van der Waals surface area contributed by atoms with E-state index in [9.17, 15) is 0 Å². The molecule has 0 atom stereocenters. The van der Waals surface area contributed by atoms with Crippen molar-refractivity contribution in [2.45, 2.75) is 32.7 Å². The largest absolute Gasteiger partial charge is 0.367 e. The second-order valence-corrected chi connectivity index (χ2v) is 5.09. The van der Waals surface area contributed by atoms with Crippen LogP contribution in [0.5, 0.6) is 0 Å². The molecule has 1 aliphatic rings. The van der Waals surface area contributed by atoms with Gasteiger partial charge in [-0.05, 0) is 53.2 Å². The van der Waals surface area contributed by atoms with Gasteiger partial charge in [0.2, 0.25) is 0 Å². The summed E-state index contributed by atoms with van der Waals surface area (Å²) in [5.41, 5.74) is 1.23. The maximum Gasteiger partial charge on any atom is 0.126 e. The molecule has 14 heavy (non-hydrogen) atoms. The SMILES string of the molecule is Cc1cc(NC2CC(C)C2)ncc1Br. The average Bonchev–Trinajstić information content (AvgIpc) is 2.09. The van der Waals surface area contributed by atoms with Gasteiger partial charge in [0, 0.05) is 16.7 Å². The lowest BCUT2D eigenvalue weighted by atomic mass is 9.82. The van der Waals surface area contributed by atoms with Gasteiger partial charge in [-0.3, -0.25) is 0 Å². The highest BCUT2D eigenvalue weighted by molar-refractivity contribution is 9.10. The van der Waals surface area contributed by atoms with E-state index in [1.807, 2.05) is 6.20 Å². The number of hydrogen-bond donors (Lipinski definition) is 1. The first-order valence-corrected chi connectivity index (χ1v) is 5.83. The Morgan fingerprint density at radius 3 is 2.79 bits per heavy atom. The van der Waals surface area contributed by atoms with Crippen LogP contribution in [0.1, 0.15) is 25.3 Å². The molecule has 1 heterocycles. The normalized spacial score (nSPS) is 25.6. The van der Waals surface area contributed by atoms with E-state index in [1.165, 1.54) is 18.4 Å². The smallest absolute Gasteiger partial charge is 0.126 e. The van der Waals surface area contributed by atoms with Crippen LogP contribution in [0, 0.1) is 12.8 Å². The van der Waals surface area contributed by atoms with Crippen LogP contribution in [0.25, 0.3) is 0 Å². The number of hydrogen-bond acceptors (Lipinski definition) is 2. The van der Waals surface area contributed by atoms with Crippen molar-refractivity contribution in [1.82, 2.24) is 4.98 Å². The molecule has 0 amide bonds. The number of nitrogens with one attached hydrogen (secondary N) is 1. The third kappa shape index (κ3) is 2.08. The van der Waals surface area contributed by atoms with E-state index in [2.05, 4.69) is 46.1 Å². The summed E-state index contributed by atoms with van der Waals surface area (Å²) in [6.07, 6.45) is 4.41. The number of pyridine rings is 1. The quantitative estimate of drug-likeness (QED) is 0.876. The van der Waals surface area contributed by atoms with Gasteiger partial charge in [-0.25, -0.2) is 4.98 Å². The predicted octanol–water partition coefficient (Wildman–Crippen LogP) is 3.36. The van der Waals surface area contributed by atoms with Crippen LogP contribution in [-0.2, 0) is 0 Å². The van der Waals surface area contributed by atoms with Crippen molar-refractivity contribution in [1.29, 1.82) is 0 Å². The Morgan fingerprint density at radius 1 is 1.50 bits per heavy atom. The van der Waals surface area contributed by atoms with Crippen molar-refractivity contribution in [3.8, 4) is 0 Å². The van der Waals surface area contributed by atoms with Gasteiger partial charge in [0.1, 0.15) is 5.82 Å². The highest BCUT2D eigenvalue weighted by atomic mass is 79.9. The summed E-state index contributed by atoms with van der Waals surface area (Å²) in [6.45, 7) is 4.37. The molecule has 1 fully saturated rings. The molecule has 3 heteroatoms. The van der Waals surface area contributed by atoms with E-state index in [1.54, 1.807) is 0 Å². The first-order valence-electron chi connectivity index (χ1n) is 5.04. The van der Waals surface area contributed by atoms with Crippen molar-refractivity contribution in [3.63, 3.8) is 0 Å². The average molecular weight is 255 g/mol. The summed E-state index contributed by atoms with van der Waals surface area (Å²) in [4.78, 5) is 4.33. The molecule has 0 bridgehead atoms. The lowest BCUT2D eigenvalue weighted by Gasteiger charge is -2.33. The number of rotatable bonds is 2. The molecule has 2 rings (SSSR count). The van der Waals surface area contributed by atoms with E-state index in [4.69, 9.17) is 0 Å². The lowest BCUT2D eigenvalue weighted by Crippen LogP contribution is -2.34. The summed E-state index contributed by atoms with van der Waals surface area (Å²) < 4.78 is 1.07. The van der Waals surface area contributed by atoms with Crippen molar-refractivity contribution in [3.05, 3.63) is 22.3 Å². The van der Waals surface area contributed by atoms with Gasteiger partial charge in [0.25, 0.3) is 0 Å². The summed E-state index contributed by atoms with van der Waals surface area (Å²) in [5.74, 6) is 1.88. The van der Waals surface area contributed by atoms with Gasteiger partial charge in [0.15, 0.2) is 0 Å². The lowest BCUT2D eigenvalue weighted by molar-refractivity contribution is 0.308. The van der Waals surface area contributed by atoms with Crippen molar-refractivity contribution in [2.24, 2.45) is 5.92 Å². The zero-order valence-corrected chi connectivity index (χ0v) is 10.1. The topological polar surface area (TPSA) is 24.9 Å². The molecular weight excluding hydrogens is 240 g/mol. The van der Waals surface area contributed by atoms with Crippen molar-refractivity contribution < 1.29 is 0 Å². The van der Waals surface area contributed by atoms with Gasteiger partial charge in [-0.1, -0.05) is 6.92 Å². The minimum absolute atomic E-state index is 0.637. The molecule has 0 saturated heterocycles. The zero-order chi connectivity index (χ0) is 10.1. The first kappa shape index (κ1) is 9.97. The van der Waals surface area contributed by atoms with Gasteiger partial charge < -0.3 is 5.32 Å². The molecule has 76 valence electrons. The Bertz CT molecular complexity index is 332. The number of anilines is 1. The maximum absolute atomic E-state index is 4.33. The summed E-state index contributed by atoms with van der Waals surface area (Å²) in [7, 11) is 0. The number of aromatic nitrogens is 1. The van der Waals surface area contributed by atoms with Crippen molar-refractivity contribution in [2.75, 3.05) is 5.32 Å². The molecule has 0 radical (unpaired) electrons. The molecular formula is C11H15BrN2. The van der Waals surface area contributed by atoms with Crippen LogP contribution < -0.4 is 5.32 Å². The monoisotopic (exact) mass is 254 g/mol.